The standard InChI is InChI=1S/2C13H24O12.2C13H24O11.C10H18O8.2C10H18O7/c2*14-2-6(17)10(21)8(19)4(13(24)25)1-5(16)9(20)12(23)11(22)7(18)3-15;2*14-2-6(17)10(20)12(22)9(19)5(16)1-4-8(18)11(21)7(3-15)24-13(4)23;1-4(12)6(13)2-5(10(17)18)8(15)9(16)7(14)3-11;2*1-4(12)6(13)2-5-8(14)9(15)7(3-11)17-10(5)16/h2*4,6-12,14-15,17-23H,1-3H2,(H,24,25);2*4,6-15,17-23H,1-3H2;4-5,7-9,11-12,14-16H,2-3H2,1H3,(H,17,18);2*4-5,7-12,14-16H,2-3H2,1H3/t4-,6-,7-,8-,9+,10-,11-,12-;;4-,6-,7-,8-,9+,10-,11-,12-,13+;;;4-,5+,7+,8+,9+,10-;/m1.1..0./s1. The summed E-state index contributed by atoms with van der Waals surface area (Å²) in [6.45, 7) is -5.41. The molecule has 0 amide bonds. The van der Waals surface area contributed by atoms with Gasteiger partial charge in [-0.3, -0.25) is 47.9 Å². The van der Waals surface area contributed by atoms with Crippen molar-refractivity contribution in [2.45, 2.75) is 335 Å². The molecule has 4 aliphatic rings. The Labute approximate surface area is 847 Å². The maximum absolute atomic E-state index is 11.9. The minimum absolute atomic E-state index is 0.310. The van der Waals surface area contributed by atoms with Crippen LogP contribution in [0.25, 0.3) is 0 Å². The van der Waals surface area contributed by atoms with Crippen molar-refractivity contribution >= 4 is 58.4 Å². The Hall–Kier alpha value is -6.10. The number of carboxylic acid groups (broad SMARTS) is 3. The molecule has 4 aliphatic heterocycles. The molecule has 51 atom stereocenters. The Bertz CT molecular complexity index is 3600. The molecule has 28 unspecified atom stereocenters. The van der Waals surface area contributed by atoms with Crippen LogP contribution in [0.2, 0.25) is 0 Å². The molecule has 0 spiro atoms. The highest BCUT2D eigenvalue weighted by Crippen LogP contribution is 2.34. The van der Waals surface area contributed by atoms with E-state index in [-0.39, 0.29) is 12.8 Å². The van der Waals surface area contributed by atoms with Crippen LogP contribution in [0, 0.1) is 41.4 Å². The normalized spacial score (nSPS) is 30.1. The number of carbonyl (C=O) groups is 10. The van der Waals surface area contributed by atoms with Gasteiger partial charge in [-0.25, -0.2) is 0 Å². The number of ketones is 7. The van der Waals surface area contributed by atoms with Crippen molar-refractivity contribution in [1.29, 1.82) is 0 Å². The number of hydrogen-bond donors (Lipinski definition) is 54. The summed E-state index contributed by atoms with van der Waals surface area (Å²) in [6.07, 6.45) is -83.1. The van der Waals surface area contributed by atoms with Crippen molar-refractivity contribution in [2.75, 3.05) is 72.7 Å². The lowest BCUT2D eigenvalue weighted by Gasteiger charge is -2.40. The van der Waals surface area contributed by atoms with Crippen molar-refractivity contribution in [2.24, 2.45) is 41.4 Å². The highest BCUT2D eigenvalue weighted by molar-refractivity contribution is 5.89. The second-order valence-corrected chi connectivity index (χ2v) is 35.0. The maximum atomic E-state index is 11.9. The molecule has 0 aliphatic carbocycles. The first-order valence-corrected chi connectivity index (χ1v) is 45.2. The Kier molecular flexibility index (Phi) is 71.8. The summed E-state index contributed by atoms with van der Waals surface area (Å²) in [4.78, 5) is 115. The van der Waals surface area contributed by atoms with E-state index in [4.69, 9.17) is 121 Å². The second-order valence-electron chi connectivity index (χ2n) is 35.0. The minimum atomic E-state index is -2.36. The molecule has 4 saturated heterocycles. The van der Waals surface area contributed by atoms with Crippen LogP contribution < -0.4 is 0 Å². The van der Waals surface area contributed by atoms with E-state index < -0.39 is 474 Å². The van der Waals surface area contributed by atoms with Crippen LogP contribution >= 0.6 is 0 Å². The number of carbonyl (C=O) groups excluding carboxylic acids is 7. The average molecular weight is 2220 g/mol. The number of aliphatic carboxylic acids is 3. The Morgan fingerprint density at radius 2 is 0.347 bits per heavy atom. The first kappa shape index (κ1) is 148. The van der Waals surface area contributed by atoms with Crippen molar-refractivity contribution in [1.82, 2.24) is 0 Å². The Balaban J connectivity index is -0.00000169. The molecule has 0 radical (unpaired) electrons. The molecule has 0 bridgehead atoms. The molecular formula is C82H150O68. The summed E-state index contributed by atoms with van der Waals surface area (Å²) in [5.41, 5.74) is 0. The highest BCUT2D eigenvalue weighted by Gasteiger charge is 2.52. The van der Waals surface area contributed by atoms with E-state index in [1.165, 1.54) is 13.8 Å². The van der Waals surface area contributed by atoms with Crippen molar-refractivity contribution in [3.63, 3.8) is 0 Å². The van der Waals surface area contributed by atoms with Gasteiger partial charge < -0.3 is 295 Å². The first-order valence-electron chi connectivity index (χ1n) is 45.2. The van der Waals surface area contributed by atoms with Gasteiger partial charge in [-0.2, -0.15) is 0 Å². The summed E-state index contributed by atoms with van der Waals surface area (Å²) in [5.74, 6) is -22.4. The summed E-state index contributed by atoms with van der Waals surface area (Å²) in [7, 11) is 0. The molecule has 4 rings (SSSR count). The molecule has 4 heterocycles. The predicted molar refractivity (Wildman–Crippen MR) is 469 cm³/mol. The molecule has 4 fully saturated rings. The fourth-order valence-corrected chi connectivity index (χ4v) is 13.7. The minimum Gasteiger partial charge on any atom is -0.481 e. The van der Waals surface area contributed by atoms with E-state index in [0.29, 0.717) is 0 Å². The van der Waals surface area contributed by atoms with Gasteiger partial charge in [0, 0.05) is 68.6 Å². The smallest absolute Gasteiger partial charge is 0.309 e. The van der Waals surface area contributed by atoms with Gasteiger partial charge in [0.15, 0.2) is 65.6 Å². The van der Waals surface area contributed by atoms with Crippen LogP contribution in [0.3, 0.4) is 0 Å². The first-order chi connectivity index (χ1) is 69.2. The van der Waals surface area contributed by atoms with Gasteiger partial charge in [0.25, 0.3) is 0 Å². The summed E-state index contributed by atoms with van der Waals surface area (Å²) in [6, 6.07) is 0. The van der Waals surface area contributed by atoms with Crippen LogP contribution in [0.4, 0.5) is 0 Å². The molecular weight excluding hydrogens is 2070 g/mol. The zero-order chi connectivity index (χ0) is 118. The van der Waals surface area contributed by atoms with Gasteiger partial charge in [0.1, 0.15) is 201 Å². The monoisotopic (exact) mass is 2220 g/mol. The van der Waals surface area contributed by atoms with Crippen LogP contribution in [0.5, 0.6) is 0 Å². The largest absolute Gasteiger partial charge is 0.481 e. The topological polar surface area (TPSA) is 1300 Å². The zero-order valence-corrected chi connectivity index (χ0v) is 80.0. The van der Waals surface area contributed by atoms with Crippen molar-refractivity contribution < 1.29 is 343 Å². The fourth-order valence-electron chi connectivity index (χ4n) is 13.7. The molecule has 0 saturated carbocycles. The average Bonchev–Trinajstić information content (AvgIpc) is 0.809. The molecule has 68 heteroatoms. The van der Waals surface area contributed by atoms with Crippen molar-refractivity contribution in [3.05, 3.63) is 0 Å². The molecule has 68 nitrogen and oxygen atoms in total. The van der Waals surface area contributed by atoms with Crippen LogP contribution in [-0.4, -0.2) is 676 Å². The van der Waals surface area contributed by atoms with Gasteiger partial charge in [-0.15, -0.1) is 0 Å². The van der Waals surface area contributed by atoms with Crippen molar-refractivity contribution in [3.8, 4) is 0 Å². The van der Waals surface area contributed by atoms with E-state index in [9.17, 15) is 222 Å². The number of Topliss-reactive ketones (excluding diaryl/α,β-unsaturated/α-hetero) is 7. The lowest BCUT2D eigenvalue weighted by molar-refractivity contribution is -0.270. The highest BCUT2D eigenvalue weighted by atomic mass is 16.7. The molecule has 54 N–H and O–H groups in total. The van der Waals surface area contributed by atoms with Crippen LogP contribution in [0.1, 0.15) is 65.7 Å². The van der Waals surface area contributed by atoms with Gasteiger partial charge in [0.05, 0.1) is 133 Å². The SMILES string of the molecule is CC(O)C(=O)CC(C(=O)O)C(O)C(O)C(O)CO.CC(O)C(=O)CC1C(O)OC(CO)C(O)C1O.C[C@H](O)C(=O)C[C@@H]1[C@@H](O)[C@H](O)[C@@H](CO)O[C@@H]1O.O=C(CC(C(=O)O)C(O)C(O)C(O)CO)C(O)C(O)C(O)C(O)CO.O=C(CC1C(O)OC(CO)C(O)C1O)C(O)C(O)C(O)C(O)CO.O=C(C[C@@H](C(=O)O)[C@@H](O)[C@H](O)[C@H](O)CO)[C@H](O)[C@@H](O)[C@H](O)[C@H](O)CO.O=C(C[C@@H]1[C@@H](O)[C@H](O)[C@@H](CO)O[C@@H]1O)[C@H](O)[C@@H](O)[C@H](O)[C@H](O)CO. The number of aliphatic hydroxyl groups excluding tert-OH is 51. The van der Waals surface area contributed by atoms with Crippen LogP contribution in [0.15, 0.2) is 0 Å². The lowest BCUT2D eigenvalue weighted by Crippen LogP contribution is -2.57. The van der Waals surface area contributed by atoms with Gasteiger partial charge in [0.2, 0.25) is 0 Å². The molecule has 0 aromatic carbocycles. The third-order valence-corrected chi connectivity index (χ3v) is 23.8. The molecule has 886 valence electrons. The Morgan fingerprint density at radius 3 is 0.493 bits per heavy atom. The quantitative estimate of drug-likeness (QED) is 0.0269. The number of aliphatic hydroxyl groups is 51. The lowest BCUT2D eigenvalue weighted by atomic mass is 9.85. The number of rotatable bonds is 56. The van der Waals surface area contributed by atoms with Gasteiger partial charge >= 0.3 is 17.9 Å². The van der Waals surface area contributed by atoms with E-state index in [0.717, 1.165) is 6.92 Å². The number of ether oxygens (including phenoxy) is 4. The Morgan fingerprint density at radius 1 is 0.200 bits per heavy atom. The van der Waals surface area contributed by atoms with E-state index >= 15 is 0 Å². The fraction of sp³-hybridized carbons (Fsp3) is 0.878. The van der Waals surface area contributed by atoms with Gasteiger partial charge in [-0.05, 0) is 20.8 Å². The van der Waals surface area contributed by atoms with Gasteiger partial charge in [-0.1, -0.05) is 0 Å². The van der Waals surface area contributed by atoms with Crippen LogP contribution in [-0.2, 0) is 66.9 Å². The van der Waals surface area contributed by atoms with E-state index in [2.05, 4.69) is 0 Å². The maximum Gasteiger partial charge on any atom is 0.309 e. The number of hydrogen-bond acceptors (Lipinski definition) is 65. The summed E-state index contributed by atoms with van der Waals surface area (Å²) >= 11 is 0. The number of carboxylic acids is 3. The molecule has 0 aromatic rings. The second kappa shape index (κ2) is 72.7. The zero-order valence-electron chi connectivity index (χ0n) is 80.0. The summed E-state index contributed by atoms with van der Waals surface area (Å²) in [5, 5.41) is 503. The third kappa shape index (κ3) is 45.8. The predicted octanol–water partition coefficient (Wildman–Crippen LogP) is -31.0. The van der Waals surface area contributed by atoms with E-state index in [1.54, 1.807) is 0 Å². The summed E-state index contributed by atoms with van der Waals surface area (Å²) < 4.78 is 19.4. The third-order valence-electron chi connectivity index (χ3n) is 23.8. The molecule has 150 heavy (non-hydrogen) atoms. The molecule has 0 aromatic heterocycles. The van der Waals surface area contributed by atoms with E-state index in [1.807, 2.05) is 0 Å².